The number of nitrogen functional groups attached to an aromatic ring is 1. The van der Waals surface area contributed by atoms with Gasteiger partial charge in [0.2, 0.25) is 0 Å². The first-order valence-corrected chi connectivity index (χ1v) is 12.7. The number of aryl methyl sites for hydroxylation is 1. The molecule has 3 aromatic rings. The summed E-state index contributed by atoms with van der Waals surface area (Å²) in [5.41, 5.74) is 14.3. The zero-order valence-electron chi connectivity index (χ0n) is 21.7. The van der Waals surface area contributed by atoms with E-state index in [4.69, 9.17) is 10.5 Å². The topological polar surface area (TPSA) is 87.8 Å². The van der Waals surface area contributed by atoms with E-state index >= 15 is 0 Å². The maximum Gasteiger partial charge on any atom is 0.304 e. The molecule has 0 radical (unpaired) electrons. The number of fused-ring (bicyclic) bond motifs is 1. The molecule has 0 bridgehead atoms. The van der Waals surface area contributed by atoms with E-state index in [1.807, 2.05) is 32.2 Å². The average molecular weight is 488 g/mol. The lowest BCUT2D eigenvalue weighted by molar-refractivity contribution is -0.137. The smallest absolute Gasteiger partial charge is 0.304 e. The number of carboxylic acid groups (broad SMARTS) is 1. The summed E-state index contributed by atoms with van der Waals surface area (Å²) in [5.74, 6) is -0.145. The molecular formula is C30H37N3O3. The number of anilines is 2. The molecule has 0 amide bonds. The minimum absolute atomic E-state index is 0.00448. The van der Waals surface area contributed by atoms with Gasteiger partial charge in [-0.15, -0.1) is 0 Å². The molecule has 0 fully saturated rings. The maximum absolute atomic E-state index is 11.9. The van der Waals surface area contributed by atoms with Crippen LogP contribution in [0.2, 0.25) is 0 Å². The van der Waals surface area contributed by atoms with Gasteiger partial charge in [-0.25, -0.2) is 0 Å². The fourth-order valence-electron chi connectivity index (χ4n) is 5.13. The molecule has 1 aliphatic heterocycles. The third-order valence-electron chi connectivity index (χ3n) is 7.33. The van der Waals surface area contributed by atoms with Gasteiger partial charge in [0.05, 0.1) is 17.8 Å². The monoisotopic (exact) mass is 487 g/mol. The zero-order chi connectivity index (χ0) is 25.8. The predicted molar refractivity (Wildman–Crippen MR) is 146 cm³/mol. The highest BCUT2D eigenvalue weighted by molar-refractivity contribution is 5.74. The molecule has 0 aliphatic carbocycles. The SMILES string of the molecule is CCC1CN(Cc2cc([C@H](CC(=O)O)c3ccc(NC)c(N)c3C)ccc2C)Cc2ccccc2O1. The third-order valence-corrected chi connectivity index (χ3v) is 7.33. The summed E-state index contributed by atoms with van der Waals surface area (Å²) in [6.07, 6.45) is 1.08. The van der Waals surface area contributed by atoms with Crippen molar-refractivity contribution in [3.63, 3.8) is 0 Å². The van der Waals surface area contributed by atoms with Gasteiger partial charge >= 0.3 is 5.97 Å². The summed E-state index contributed by atoms with van der Waals surface area (Å²) in [7, 11) is 1.83. The first kappa shape index (κ1) is 25.6. The number of rotatable bonds is 8. The van der Waals surface area contributed by atoms with Crippen molar-refractivity contribution in [2.24, 2.45) is 0 Å². The van der Waals surface area contributed by atoms with Crippen LogP contribution in [0.5, 0.6) is 5.75 Å². The standard InChI is InChI=1S/C30H37N3O3/c1-5-24-18-33(16-22-8-6-7-9-28(22)36-24)17-23-14-21(11-10-19(23)2)26(15-29(34)35)25-12-13-27(32-4)30(31)20(25)3/h6-14,24,26,32H,5,15-18,31H2,1-4H3,(H,34,35)/t24?,26-/m0/s1. The Labute approximate surface area is 214 Å². The lowest BCUT2D eigenvalue weighted by Crippen LogP contribution is -2.32. The van der Waals surface area contributed by atoms with E-state index in [1.54, 1.807) is 0 Å². The Bertz CT molecular complexity index is 1240. The number of nitrogens with two attached hydrogens (primary N) is 1. The highest BCUT2D eigenvalue weighted by atomic mass is 16.5. The number of nitrogens with zero attached hydrogens (tertiary/aromatic N) is 1. The molecule has 4 rings (SSSR count). The van der Waals surface area contributed by atoms with Gasteiger partial charge in [0, 0.05) is 38.2 Å². The van der Waals surface area contributed by atoms with E-state index in [0.29, 0.717) is 5.69 Å². The molecular weight excluding hydrogens is 450 g/mol. The number of carboxylic acids is 1. The number of ether oxygens (including phenoxy) is 1. The van der Waals surface area contributed by atoms with Gasteiger partial charge in [0.1, 0.15) is 11.9 Å². The van der Waals surface area contributed by atoms with Crippen LogP contribution >= 0.6 is 0 Å². The van der Waals surface area contributed by atoms with Crippen LogP contribution in [-0.2, 0) is 17.9 Å². The van der Waals surface area contributed by atoms with Gasteiger partial charge in [0.15, 0.2) is 0 Å². The van der Waals surface area contributed by atoms with Crippen molar-refractivity contribution in [2.45, 2.75) is 58.7 Å². The van der Waals surface area contributed by atoms with Crippen molar-refractivity contribution in [3.05, 3.63) is 88.0 Å². The fourth-order valence-corrected chi connectivity index (χ4v) is 5.13. The third kappa shape index (κ3) is 5.49. The summed E-state index contributed by atoms with van der Waals surface area (Å²) in [6.45, 7) is 8.68. The number of aliphatic carboxylic acids is 1. The molecule has 1 aliphatic rings. The van der Waals surface area contributed by atoms with Gasteiger partial charge in [-0.2, -0.15) is 0 Å². The van der Waals surface area contributed by atoms with Crippen molar-refractivity contribution in [2.75, 3.05) is 24.6 Å². The lowest BCUT2D eigenvalue weighted by Gasteiger charge is -2.26. The van der Waals surface area contributed by atoms with E-state index in [-0.39, 0.29) is 18.4 Å². The summed E-state index contributed by atoms with van der Waals surface area (Å²) in [4.78, 5) is 14.3. The second kappa shape index (κ2) is 11.0. The van der Waals surface area contributed by atoms with Crippen LogP contribution in [0.1, 0.15) is 59.1 Å². The van der Waals surface area contributed by atoms with Crippen LogP contribution in [0.15, 0.2) is 54.6 Å². The molecule has 36 heavy (non-hydrogen) atoms. The number of hydrogen-bond acceptors (Lipinski definition) is 5. The number of hydrogen-bond donors (Lipinski definition) is 3. The molecule has 0 aromatic heterocycles. The Morgan fingerprint density at radius 1 is 1.19 bits per heavy atom. The molecule has 0 saturated carbocycles. The van der Waals surface area contributed by atoms with Crippen molar-refractivity contribution in [1.82, 2.24) is 4.90 Å². The number of carbonyl (C=O) groups is 1. The van der Waals surface area contributed by atoms with E-state index in [0.717, 1.165) is 54.2 Å². The first-order chi connectivity index (χ1) is 17.3. The fraction of sp³-hybridized carbons (Fsp3) is 0.367. The molecule has 3 aromatic carbocycles. The van der Waals surface area contributed by atoms with E-state index in [2.05, 4.69) is 60.5 Å². The van der Waals surface area contributed by atoms with Crippen LogP contribution in [-0.4, -0.2) is 35.7 Å². The van der Waals surface area contributed by atoms with E-state index in [9.17, 15) is 9.90 Å². The van der Waals surface area contributed by atoms with Gasteiger partial charge in [-0.1, -0.05) is 49.4 Å². The Kier molecular flexibility index (Phi) is 7.85. The summed E-state index contributed by atoms with van der Waals surface area (Å²) < 4.78 is 6.29. The number of para-hydroxylation sites is 1. The second-order valence-electron chi connectivity index (χ2n) is 9.75. The molecule has 0 spiro atoms. The van der Waals surface area contributed by atoms with Gasteiger partial charge in [-0.3, -0.25) is 9.69 Å². The summed E-state index contributed by atoms with van der Waals surface area (Å²) >= 11 is 0. The largest absolute Gasteiger partial charge is 0.489 e. The molecule has 0 saturated heterocycles. The molecule has 190 valence electrons. The number of benzene rings is 3. The quantitative estimate of drug-likeness (QED) is 0.353. The maximum atomic E-state index is 11.9. The van der Waals surface area contributed by atoms with Crippen LogP contribution < -0.4 is 15.8 Å². The van der Waals surface area contributed by atoms with E-state index in [1.165, 1.54) is 16.7 Å². The summed E-state index contributed by atoms with van der Waals surface area (Å²) in [6, 6.07) is 18.6. The van der Waals surface area contributed by atoms with Crippen molar-refractivity contribution < 1.29 is 14.6 Å². The molecule has 2 atom stereocenters. The van der Waals surface area contributed by atoms with Gasteiger partial charge in [-0.05, 0) is 60.2 Å². The Morgan fingerprint density at radius 2 is 1.97 bits per heavy atom. The highest BCUT2D eigenvalue weighted by Crippen LogP contribution is 2.36. The van der Waals surface area contributed by atoms with Gasteiger partial charge in [0.25, 0.3) is 0 Å². The molecule has 1 unspecified atom stereocenters. The minimum atomic E-state index is -0.829. The highest BCUT2D eigenvalue weighted by Gasteiger charge is 2.25. The molecule has 4 N–H and O–H groups in total. The minimum Gasteiger partial charge on any atom is -0.489 e. The van der Waals surface area contributed by atoms with Crippen LogP contribution in [0.4, 0.5) is 11.4 Å². The molecule has 6 heteroatoms. The molecule has 1 heterocycles. The van der Waals surface area contributed by atoms with Crippen LogP contribution in [0.25, 0.3) is 0 Å². The predicted octanol–water partition coefficient (Wildman–Crippen LogP) is 5.71. The van der Waals surface area contributed by atoms with Gasteiger partial charge < -0.3 is 20.9 Å². The normalized spacial score (nSPS) is 16.5. The molecule has 6 nitrogen and oxygen atoms in total. The van der Waals surface area contributed by atoms with Crippen LogP contribution in [0.3, 0.4) is 0 Å². The van der Waals surface area contributed by atoms with Crippen molar-refractivity contribution in [3.8, 4) is 5.75 Å². The second-order valence-corrected chi connectivity index (χ2v) is 9.75. The Hall–Kier alpha value is -3.51. The van der Waals surface area contributed by atoms with Crippen molar-refractivity contribution in [1.29, 1.82) is 0 Å². The van der Waals surface area contributed by atoms with Crippen LogP contribution in [0, 0.1) is 13.8 Å². The first-order valence-electron chi connectivity index (χ1n) is 12.7. The number of nitrogens with one attached hydrogen (secondary N) is 1. The van der Waals surface area contributed by atoms with E-state index < -0.39 is 5.97 Å². The summed E-state index contributed by atoms with van der Waals surface area (Å²) in [5, 5.41) is 12.9. The van der Waals surface area contributed by atoms with Crippen molar-refractivity contribution >= 4 is 17.3 Å². The average Bonchev–Trinajstić information content (AvgIpc) is 3.04. The Balaban J connectivity index is 1.68. The zero-order valence-corrected chi connectivity index (χ0v) is 21.7. The lowest BCUT2D eigenvalue weighted by atomic mass is 9.84. The Morgan fingerprint density at radius 3 is 2.69 bits per heavy atom.